The van der Waals surface area contributed by atoms with E-state index in [1.54, 1.807) is 0 Å². The summed E-state index contributed by atoms with van der Waals surface area (Å²) >= 11 is 0. The van der Waals surface area contributed by atoms with Crippen molar-refractivity contribution in [3.8, 4) is 0 Å². The topological polar surface area (TPSA) is 81.8 Å². The molecule has 2 aromatic rings. The number of aryl methyl sites for hydroxylation is 3. The third-order valence-corrected chi connectivity index (χ3v) is 2.88. The maximum Gasteiger partial charge on any atom is 0.231 e. The molecule has 4 nitrogen and oxygen atoms in total. The molecule has 0 atom stereocenters. The number of hydrogen-bond donors (Lipinski definition) is 2. The van der Waals surface area contributed by atoms with Gasteiger partial charge in [0.25, 0.3) is 0 Å². The van der Waals surface area contributed by atoms with Crippen LogP contribution in [0.1, 0.15) is 23.6 Å². The van der Waals surface area contributed by atoms with Crippen LogP contribution in [0.4, 0.5) is 0 Å². The van der Waals surface area contributed by atoms with Crippen LogP contribution in [0.3, 0.4) is 0 Å². The lowest BCUT2D eigenvalue weighted by atomic mass is 9.97. The van der Waals surface area contributed by atoms with Crippen LogP contribution in [-0.4, -0.2) is 12.2 Å². The van der Waals surface area contributed by atoms with Gasteiger partial charge in [0.15, 0.2) is 0 Å². The molecule has 2 rings (SSSR count). The molecule has 0 bridgehead atoms. The van der Waals surface area contributed by atoms with Gasteiger partial charge in [0.1, 0.15) is 0 Å². The van der Waals surface area contributed by atoms with Gasteiger partial charge in [0.2, 0.25) is 12.2 Å². The quantitative estimate of drug-likeness (QED) is 0.610. The van der Waals surface area contributed by atoms with Crippen molar-refractivity contribution in [3.63, 3.8) is 0 Å². The lowest BCUT2D eigenvalue weighted by Crippen LogP contribution is -1.89. The molecule has 0 aliphatic carbocycles. The highest BCUT2D eigenvalue weighted by Crippen LogP contribution is 2.23. The van der Waals surface area contributed by atoms with Crippen LogP contribution < -0.4 is 0 Å². The fraction of sp³-hybridized carbons (Fsp3) is 0.250. The predicted molar refractivity (Wildman–Crippen MR) is 79.6 cm³/mol. The zero-order valence-corrected chi connectivity index (χ0v) is 11.9. The summed E-state index contributed by atoms with van der Waals surface area (Å²) < 4.78 is 0. The molecule has 0 heterocycles. The number of nitrogens with one attached hydrogen (secondary N) is 2. The summed E-state index contributed by atoms with van der Waals surface area (Å²) in [7, 11) is 0. The molecule has 0 spiro atoms. The molecule has 20 heavy (non-hydrogen) atoms. The SMILES string of the molecule is CCc1c(C)ccc2ccc(C)cc12.N=C=O.N=C=O. The number of carbonyl (C=O) groups excluding carboxylic acids is 2. The Kier molecular flexibility index (Phi) is 8.20. The summed E-state index contributed by atoms with van der Waals surface area (Å²) in [5, 5.41) is 13.6. The number of rotatable bonds is 1. The van der Waals surface area contributed by atoms with Crippen LogP contribution in [0.25, 0.3) is 10.8 Å². The summed E-state index contributed by atoms with van der Waals surface area (Å²) in [6.07, 6.45) is 2.62. The summed E-state index contributed by atoms with van der Waals surface area (Å²) in [5.74, 6) is 0. The normalized spacial score (nSPS) is 8.35. The highest BCUT2D eigenvalue weighted by molar-refractivity contribution is 5.87. The summed E-state index contributed by atoms with van der Waals surface area (Å²) in [5.41, 5.74) is 4.24. The third-order valence-electron chi connectivity index (χ3n) is 2.88. The van der Waals surface area contributed by atoms with Crippen LogP contribution in [0.15, 0.2) is 30.3 Å². The van der Waals surface area contributed by atoms with Gasteiger partial charge in [0.05, 0.1) is 0 Å². The van der Waals surface area contributed by atoms with Crippen molar-refractivity contribution in [2.45, 2.75) is 27.2 Å². The Balaban J connectivity index is 0.000000520. The standard InChI is InChI=1S/C14H16.2CHNO/c1-4-13-11(3)6-8-12-7-5-10(2)9-14(12)13;2*2-1-3/h5-9H,4H2,1-3H3;2*2H. The molecule has 4 heteroatoms. The van der Waals surface area contributed by atoms with Crippen LogP contribution in [0, 0.1) is 24.7 Å². The van der Waals surface area contributed by atoms with Gasteiger partial charge >= 0.3 is 0 Å². The van der Waals surface area contributed by atoms with Crippen LogP contribution in [0.2, 0.25) is 0 Å². The Morgan fingerprint density at radius 2 is 1.50 bits per heavy atom. The van der Waals surface area contributed by atoms with Crippen molar-refractivity contribution in [2.24, 2.45) is 0 Å². The Bertz CT molecular complexity index is 619. The minimum Gasteiger partial charge on any atom is -0.222 e. The van der Waals surface area contributed by atoms with Gasteiger partial charge in [-0.2, -0.15) is 0 Å². The average molecular weight is 270 g/mol. The van der Waals surface area contributed by atoms with E-state index in [-0.39, 0.29) is 0 Å². The first-order valence-corrected chi connectivity index (χ1v) is 6.12. The zero-order chi connectivity index (χ0) is 15.5. The van der Waals surface area contributed by atoms with E-state index in [0.717, 1.165) is 18.6 Å². The monoisotopic (exact) mass is 270 g/mol. The predicted octanol–water partition coefficient (Wildman–Crippen LogP) is 3.82. The van der Waals surface area contributed by atoms with Crippen molar-refractivity contribution in [2.75, 3.05) is 0 Å². The third kappa shape index (κ3) is 4.99. The van der Waals surface area contributed by atoms with Crippen molar-refractivity contribution >= 4 is 22.9 Å². The van der Waals surface area contributed by atoms with Crippen molar-refractivity contribution < 1.29 is 9.59 Å². The molecule has 104 valence electrons. The van der Waals surface area contributed by atoms with E-state index < -0.39 is 0 Å². The van der Waals surface area contributed by atoms with Gasteiger partial charge in [-0.05, 0) is 42.2 Å². The molecule has 0 fully saturated rings. The highest BCUT2D eigenvalue weighted by atomic mass is 16.1. The van der Waals surface area contributed by atoms with Gasteiger partial charge in [-0.1, -0.05) is 42.8 Å². The molecule has 2 aromatic carbocycles. The molecule has 0 saturated carbocycles. The minimum absolute atomic E-state index is 0.750. The lowest BCUT2D eigenvalue weighted by Gasteiger charge is -2.08. The van der Waals surface area contributed by atoms with Gasteiger partial charge < -0.3 is 0 Å². The van der Waals surface area contributed by atoms with Crippen molar-refractivity contribution in [1.29, 1.82) is 10.8 Å². The average Bonchev–Trinajstić information content (AvgIpc) is 2.40. The molecular weight excluding hydrogens is 252 g/mol. The van der Waals surface area contributed by atoms with Crippen LogP contribution >= 0.6 is 0 Å². The van der Waals surface area contributed by atoms with E-state index in [4.69, 9.17) is 20.4 Å². The van der Waals surface area contributed by atoms with E-state index in [2.05, 4.69) is 51.1 Å². The Morgan fingerprint density at radius 1 is 1.00 bits per heavy atom. The molecule has 0 aliphatic heterocycles. The fourth-order valence-electron chi connectivity index (χ4n) is 2.07. The molecule has 0 radical (unpaired) electrons. The molecule has 0 unspecified atom stereocenters. The molecule has 0 aliphatic rings. The van der Waals surface area contributed by atoms with Crippen molar-refractivity contribution in [3.05, 3.63) is 47.0 Å². The lowest BCUT2D eigenvalue weighted by molar-refractivity contribution is 0.562. The van der Waals surface area contributed by atoms with E-state index >= 15 is 0 Å². The number of isocyanates is 2. The summed E-state index contributed by atoms with van der Waals surface area (Å²) in [6.45, 7) is 6.58. The summed E-state index contributed by atoms with van der Waals surface area (Å²) in [6, 6.07) is 11.1. The molecule has 0 aromatic heterocycles. The smallest absolute Gasteiger partial charge is 0.222 e. The minimum atomic E-state index is 0.750. The first-order valence-electron chi connectivity index (χ1n) is 6.12. The fourth-order valence-corrected chi connectivity index (χ4v) is 2.07. The van der Waals surface area contributed by atoms with E-state index in [9.17, 15) is 0 Å². The number of fused-ring (bicyclic) bond motifs is 1. The Labute approximate surface area is 118 Å². The molecular formula is C16H18N2O2. The van der Waals surface area contributed by atoms with Crippen LogP contribution in [-0.2, 0) is 16.0 Å². The molecule has 2 N–H and O–H groups in total. The number of hydrogen-bond acceptors (Lipinski definition) is 4. The van der Waals surface area contributed by atoms with Crippen molar-refractivity contribution in [1.82, 2.24) is 0 Å². The van der Waals surface area contributed by atoms with Gasteiger partial charge in [0, 0.05) is 0 Å². The summed E-state index contributed by atoms with van der Waals surface area (Å²) in [4.78, 5) is 16.7. The maximum absolute atomic E-state index is 8.35. The zero-order valence-electron chi connectivity index (χ0n) is 11.9. The second-order valence-corrected chi connectivity index (χ2v) is 4.14. The Hall–Kier alpha value is -2.54. The Morgan fingerprint density at radius 3 is 2.00 bits per heavy atom. The van der Waals surface area contributed by atoms with Crippen LogP contribution in [0.5, 0.6) is 0 Å². The van der Waals surface area contributed by atoms with E-state index in [0.29, 0.717) is 0 Å². The second-order valence-electron chi connectivity index (χ2n) is 4.14. The largest absolute Gasteiger partial charge is 0.231 e. The van der Waals surface area contributed by atoms with Gasteiger partial charge in [-0.25, -0.2) is 20.4 Å². The second kappa shape index (κ2) is 9.40. The molecule has 0 amide bonds. The highest BCUT2D eigenvalue weighted by Gasteiger charge is 2.02. The number of benzene rings is 2. The maximum atomic E-state index is 8.35. The van der Waals surface area contributed by atoms with Gasteiger partial charge in [-0.3, -0.25) is 0 Å². The first kappa shape index (κ1) is 17.5. The van der Waals surface area contributed by atoms with E-state index in [1.165, 1.54) is 27.5 Å². The van der Waals surface area contributed by atoms with Gasteiger partial charge in [-0.15, -0.1) is 0 Å². The van der Waals surface area contributed by atoms with E-state index in [1.807, 2.05) is 0 Å². The molecule has 0 saturated heterocycles. The first-order chi connectivity index (χ1) is 9.55.